The number of para-hydroxylation sites is 1. The fourth-order valence-corrected chi connectivity index (χ4v) is 4.78. The van der Waals surface area contributed by atoms with Crippen LogP contribution in [-0.2, 0) is 0 Å². The lowest BCUT2D eigenvalue weighted by atomic mass is 9.91. The van der Waals surface area contributed by atoms with Crippen LogP contribution in [-0.4, -0.2) is 29.2 Å². The van der Waals surface area contributed by atoms with Gasteiger partial charge in [-0.05, 0) is 47.9 Å². The molecule has 0 spiro atoms. The molecule has 1 aliphatic rings. The third-order valence-corrected chi connectivity index (χ3v) is 6.63. The van der Waals surface area contributed by atoms with E-state index in [-0.39, 0.29) is 17.4 Å². The number of phenolic OH excluding ortho intramolecular Hbond substituents is 1. The van der Waals surface area contributed by atoms with Gasteiger partial charge < -0.3 is 15.7 Å². The number of pyridine rings is 1. The second-order valence-corrected chi connectivity index (χ2v) is 8.86. The largest absolute Gasteiger partial charge is 0.506 e. The van der Waals surface area contributed by atoms with Gasteiger partial charge in [0.15, 0.2) is 0 Å². The minimum Gasteiger partial charge on any atom is -0.506 e. The minimum absolute atomic E-state index is 0.134. The number of halogens is 2. The summed E-state index contributed by atoms with van der Waals surface area (Å²) in [6.07, 6.45) is 2.15. The predicted octanol–water partition coefficient (Wildman–Crippen LogP) is 5.10. The first-order valence-electron chi connectivity index (χ1n) is 11.4. The number of fused-ring (bicyclic) bond motifs is 1. The Morgan fingerprint density at radius 3 is 2.50 bits per heavy atom. The van der Waals surface area contributed by atoms with E-state index in [4.69, 9.17) is 5.73 Å². The summed E-state index contributed by atoms with van der Waals surface area (Å²) in [4.78, 5) is 6.55. The van der Waals surface area contributed by atoms with Crippen LogP contribution in [0.3, 0.4) is 0 Å². The zero-order valence-corrected chi connectivity index (χ0v) is 19.1. The molecule has 3 aromatic carbocycles. The number of benzene rings is 3. The van der Waals surface area contributed by atoms with Crippen molar-refractivity contribution in [2.45, 2.75) is 12.5 Å². The number of hydrogen-bond acceptors (Lipinski definition) is 6. The number of rotatable bonds is 3. The van der Waals surface area contributed by atoms with Gasteiger partial charge >= 0.3 is 0 Å². The highest BCUT2D eigenvalue weighted by atomic mass is 19.1. The maximum atomic E-state index is 14.2. The fraction of sp³-hybridized carbons (Fsp3) is 0.179. The number of nitriles is 2. The van der Waals surface area contributed by atoms with Gasteiger partial charge in [-0.2, -0.15) is 10.5 Å². The molecule has 5 rings (SSSR count). The van der Waals surface area contributed by atoms with Gasteiger partial charge in [0.05, 0.1) is 28.8 Å². The summed E-state index contributed by atoms with van der Waals surface area (Å²) in [6, 6.07) is 17.6. The van der Waals surface area contributed by atoms with Crippen molar-refractivity contribution in [3.05, 3.63) is 78.0 Å². The van der Waals surface area contributed by atoms with Crippen molar-refractivity contribution >= 4 is 16.6 Å². The Balaban J connectivity index is 1.77. The molecule has 3 N–H and O–H groups in total. The Morgan fingerprint density at radius 1 is 1.00 bits per heavy atom. The van der Waals surface area contributed by atoms with Crippen molar-refractivity contribution in [2.24, 2.45) is 11.7 Å². The van der Waals surface area contributed by atoms with E-state index >= 15 is 0 Å². The molecule has 1 saturated heterocycles. The summed E-state index contributed by atoms with van der Waals surface area (Å²) in [7, 11) is 0. The zero-order valence-electron chi connectivity index (χ0n) is 19.1. The van der Waals surface area contributed by atoms with Gasteiger partial charge in [0.1, 0.15) is 23.5 Å². The monoisotopic (exact) mass is 481 g/mol. The lowest BCUT2D eigenvalue weighted by Crippen LogP contribution is -2.46. The van der Waals surface area contributed by atoms with Crippen molar-refractivity contribution in [3.8, 4) is 40.1 Å². The lowest BCUT2D eigenvalue weighted by molar-refractivity contribution is 0.425. The van der Waals surface area contributed by atoms with Crippen molar-refractivity contribution < 1.29 is 13.9 Å². The van der Waals surface area contributed by atoms with Crippen molar-refractivity contribution in [3.63, 3.8) is 0 Å². The fourth-order valence-electron chi connectivity index (χ4n) is 4.78. The Morgan fingerprint density at radius 2 is 1.78 bits per heavy atom. The van der Waals surface area contributed by atoms with E-state index in [1.807, 2.05) is 17.0 Å². The molecule has 0 amide bonds. The molecule has 8 heteroatoms. The first-order chi connectivity index (χ1) is 17.4. The second kappa shape index (κ2) is 9.26. The molecule has 0 unspecified atom stereocenters. The summed E-state index contributed by atoms with van der Waals surface area (Å²) >= 11 is 0. The van der Waals surface area contributed by atoms with E-state index in [1.165, 1.54) is 18.2 Å². The van der Waals surface area contributed by atoms with Crippen LogP contribution in [0.1, 0.15) is 12.0 Å². The first kappa shape index (κ1) is 23.2. The summed E-state index contributed by atoms with van der Waals surface area (Å²) in [5.41, 5.74) is 9.57. The van der Waals surface area contributed by atoms with Crippen LogP contribution in [0.2, 0.25) is 0 Å². The van der Waals surface area contributed by atoms with E-state index in [0.29, 0.717) is 58.4 Å². The molecule has 36 heavy (non-hydrogen) atoms. The molecule has 178 valence electrons. The summed E-state index contributed by atoms with van der Waals surface area (Å²) < 4.78 is 28.4. The molecule has 0 saturated carbocycles. The number of aromatic nitrogens is 1. The van der Waals surface area contributed by atoms with Gasteiger partial charge in [-0.1, -0.05) is 18.2 Å². The lowest BCUT2D eigenvalue weighted by Gasteiger charge is -2.37. The van der Waals surface area contributed by atoms with Gasteiger partial charge in [-0.25, -0.2) is 8.78 Å². The van der Waals surface area contributed by atoms with E-state index in [2.05, 4.69) is 11.1 Å². The van der Waals surface area contributed by atoms with E-state index in [0.717, 1.165) is 6.07 Å². The minimum atomic E-state index is -0.710. The Kier molecular flexibility index (Phi) is 5.97. The molecule has 1 aliphatic heterocycles. The number of anilines is 1. The van der Waals surface area contributed by atoms with Crippen LogP contribution < -0.4 is 10.6 Å². The van der Waals surface area contributed by atoms with Gasteiger partial charge in [-0.15, -0.1) is 0 Å². The molecule has 6 nitrogen and oxygen atoms in total. The van der Waals surface area contributed by atoms with Crippen molar-refractivity contribution in [2.75, 3.05) is 18.0 Å². The Bertz CT molecular complexity index is 1550. The normalized spacial score (nSPS) is 17.5. The third-order valence-electron chi connectivity index (χ3n) is 6.63. The molecular formula is C28H21F2N5O. The topological polar surface area (TPSA) is 110 Å². The van der Waals surface area contributed by atoms with Crippen LogP contribution in [0.15, 0.2) is 60.8 Å². The van der Waals surface area contributed by atoms with E-state index in [9.17, 15) is 24.4 Å². The highest BCUT2D eigenvalue weighted by molar-refractivity contribution is 6.02. The SMILES string of the molecule is N#Cc1cccc(-c2ccc3ncc(-c4cc(F)cc(F)c4)c(N4CC[C@H](N)[C@H](C#N)C4)c3c2)c1O. The molecule has 1 fully saturated rings. The first-order valence-corrected chi connectivity index (χ1v) is 11.4. The van der Waals surface area contributed by atoms with E-state index < -0.39 is 17.6 Å². The molecule has 0 aliphatic carbocycles. The maximum Gasteiger partial charge on any atom is 0.141 e. The van der Waals surface area contributed by atoms with Crippen molar-refractivity contribution in [1.29, 1.82) is 10.5 Å². The van der Waals surface area contributed by atoms with Gasteiger partial charge in [0.25, 0.3) is 0 Å². The van der Waals surface area contributed by atoms with Crippen LogP contribution in [0, 0.1) is 40.2 Å². The second-order valence-electron chi connectivity index (χ2n) is 8.86. The molecular weight excluding hydrogens is 460 g/mol. The van der Waals surface area contributed by atoms with Gasteiger partial charge in [0.2, 0.25) is 0 Å². The highest BCUT2D eigenvalue weighted by Gasteiger charge is 2.29. The van der Waals surface area contributed by atoms with Crippen molar-refractivity contribution in [1.82, 2.24) is 4.98 Å². The number of hydrogen-bond donors (Lipinski definition) is 2. The standard InChI is InChI=1S/C28H21F2N5O/c29-20-8-18(9-21(30)11-20)24-14-34-26-5-4-16(22-3-1-2-17(12-31)28(22)36)10-23(26)27(24)35-7-6-25(33)19(13-32)15-35/h1-5,8-11,14,19,25,36H,6-7,15,33H2/t19-,25+/m1/s1. The highest BCUT2D eigenvalue weighted by Crippen LogP contribution is 2.41. The summed E-state index contributed by atoms with van der Waals surface area (Å²) in [5, 5.41) is 30.3. The molecule has 2 heterocycles. The zero-order chi connectivity index (χ0) is 25.4. The maximum absolute atomic E-state index is 14.2. The third kappa shape index (κ3) is 4.08. The number of piperidine rings is 1. The molecule has 0 radical (unpaired) electrons. The number of aromatic hydroxyl groups is 1. The molecule has 1 aromatic heterocycles. The van der Waals surface area contributed by atoms with Crippen LogP contribution in [0.5, 0.6) is 5.75 Å². The van der Waals surface area contributed by atoms with E-state index in [1.54, 1.807) is 30.5 Å². The summed E-state index contributed by atoms with van der Waals surface area (Å²) in [5.74, 6) is -1.97. The molecule has 2 atom stereocenters. The van der Waals surface area contributed by atoms with Gasteiger partial charge in [0, 0.05) is 47.9 Å². The van der Waals surface area contributed by atoms with Crippen LogP contribution in [0.4, 0.5) is 14.5 Å². The average Bonchev–Trinajstić information content (AvgIpc) is 2.87. The number of nitrogens with zero attached hydrogens (tertiary/aromatic N) is 4. The van der Waals surface area contributed by atoms with Crippen LogP contribution in [0.25, 0.3) is 33.2 Å². The number of nitrogens with two attached hydrogens (primary N) is 1. The average molecular weight is 482 g/mol. The smallest absolute Gasteiger partial charge is 0.141 e. The Hall–Kier alpha value is -4.53. The van der Waals surface area contributed by atoms with Crippen LogP contribution >= 0.6 is 0 Å². The summed E-state index contributed by atoms with van der Waals surface area (Å²) in [6.45, 7) is 0.892. The Labute approximate surface area is 206 Å². The quantitative estimate of drug-likeness (QED) is 0.421. The molecule has 0 bridgehead atoms. The van der Waals surface area contributed by atoms with Gasteiger partial charge in [-0.3, -0.25) is 4.98 Å². The molecule has 4 aromatic rings. The predicted molar refractivity (Wildman–Crippen MR) is 133 cm³/mol. The number of phenols is 1.